The van der Waals surface area contributed by atoms with Crippen molar-refractivity contribution in [1.29, 1.82) is 0 Å². The summed E-state index contributed by atoms with van der Waals surface area (Å²) in [5.41, 5.74) is 13.9. The van der Waals surface area contributed by atoms with Gasteiger partial charge in [0.1, 0.15) is 24.3 Å². The third-order valence-corrected chi connectivity index (χ3v) is 7.95. The largest absolute Gasteiger partial charge is 0.445 e. The highest BCUT2D eigenvalue weighted by Gasteiger charge is 2.48. The molecule has 4 atom stereocenters. The normalized spacial score (nSPS) is 24.0. The van der Waals surface area contributed by atoms with Crippen molar-refractivity contribution in [3.05, 3.63) is 42.0 Å². The van der Waals surface area contributed by atoms with E-state index in [1.807, 2.05) is 12.1 Å². The van der Waals surface area contributed by atoms with Crippen molar-refractivity contribution in [3.8, 4) is 11.8 Å². The van der Waals surface area contributed by atoms with Crippen LogP contribution in [-0.2, 0) is 20.9 Å². The summed E-state index contributed by atoms with van der Waals surface area (Å²) in [7, 11) is 0. The second kappa shape index (κ2) is 12.0. The minimum atomic E-state index is -1.42. The van der Waals surface area contributed by atoms with Crippen LogP contribution in [0, 0.1) is 17.8 Å². The summed E-state index contributed by atoms with van der Waals surface area (Å²) >= 11 is 0. The molecule has 43 heavy (non-hydrogen) atoms. The number of imidazole rings is 1. The number of benzene rings is 1. The second-order valence-electron chi connectivity index (χ2n) is 11.2. The quantitative estimate of drug-likeness (QED) is 0.199. The van der Waals surface area contributed by atoms with E-state index in [-0.39, 0.29) is 41.5 Å². The molecule has 226 valence electrons. The van der Waals surface area contributed by atoms with Gasteiger partial charge in [0, 0.05) is 31.2 Å². The summed E-state index contributed by atoms with van der Waals surface area (Å²) in [6.45, 7) is 1.35. The van der Waals surface area contributed by atoms with Crippen molar-refractivity contribution < 1.29 is 29.3 Å². The van der Waals surface area contributed by atoms with Gasteiger partial charge in [-0.05, 0) is 55.2 Å². The topological polar surface area (TPSA) is 204 Å². The number of nitrogens with zero attached hydrogens (tertiary/aromatic N) is 5. The lowest BCUT2D eigenvalue weighted by atomic mass is 9.94. The molecule has 4 heterocycles. The van der Waals surface area contributed by atoms with Crippen molar-refractivity contribution >= 4 is 34.7 Å². The number of nitrogens with one attached hydrogen (secondary N) is 1. The van der Waals surface area contributed by atoms with Crippen LogP contribution < -0.4 is 16.8 Å². The molecule has 1 aliphatic carbocycles. The number of fused-ring (bicyclic) bond motifs is 1. The van der Waals surface area contributed by atoms with E-state index < -0.39 is 30.4 Å². The summed E-state index contributed by atoms with van der Waals surface area (Å²) in [6, 6.07) is 7.29. The Balaban J connectivity index is 1.05. The monoisotopic (exact) mass is 590 g/mol. The third kappa shape index (κ3) is 6.34. The molecule has 2 aromatic heterocycles. The number of carbonyl (C=O) groups is 2. The molecule has 2 saturated heterocycles. The number of anilines is 2. The average Bonchev–Trinajstić information content (AvgIpc) is 3.64. The van der Waals surface area contributed by atoms with Crippen molar-refractivity contribution in [2.75, 3.05) is 24.6 Å². The number of aliphatic hydroxyl groups is 2. The summed E-state index contributed by atoms with van der Waals surface area (Å²) in [5.74, 6) is 6.19. The lowest BCUT2D eigenvalue weighted by Gasteiger charge is -2.30. The number of carbonyl (C=O) groups excluding carboxylic acids is 2. The molecule has 3 aliphatic rings. The predicted octanol–water partition coefficient (Wildman–Crippen LogP) is 0.679. The first-order valence-electron chi connectivity index (χ1n) is 14.3. The van der Waals surface area contributed by atoms with Crippen LogP contribution >= 0.6 is 0 Å². The number of hydrogen-bond donors (Lipinski definition) is 5. The van der Waals surface area contributed by atoms with Crippen LogP contribution in [-0.4, -0.2) is 84.1 Å². The molecule has 6 rings (SSSR count). The van der Waals surface area contributed by atoms with E-state index >= 15 is 0 Å². The predicted molar refractivity (Wildman–Crippen MR) is 154 cm³/mol. The van der Waals surface area contributed by atoms with Crippen LogP contribution in [0.2, 0.25) is 0 Å². The van der Waals surface area contributed by atoms with E-state index in [2.05, 4.69) is 32.1 Å². The molecule has 2 aliphatic heterocycles. The third-order valence-electron chi connectivity index (χ3n) is 7.95. The van der Waals surface area contributed by atoms with Gasteiger partial charge in [0.15, 0.2) is 23.8 Å². The molecule has 1 aromatic carbocycles. The maximum atomic E-state index is 12.5. The minimum Gasteiger partial charge on any atom is -0.445 e. The highest BCUT2D eigenvalue weighted by Crippen LogP contribution is 2.33. The van der Waals surface area contributed by atoms with Crippen LogP contribution in [0.25, 0.3) is 11.2 Å². The van der Waals surface area contributed by atoms with Gasteiger partial charge in [-0.15, -0.1) is 0 Å². The number of likely N-dealkylation sites (tertiary alicyclic amines) is 1. The van der Waals surface area contributed by atoms with Gasteiger partial charge in [0.05, 0.1) is 6.33 Å². The van der Waals surface area contributed by atoms with E-state index in [0.29, 0.717) is 31.1 Å². The summed E-state index contributed by atoms with van der Waals surface area (Å²) in [5, 5.41) is 24.0. The maximum absolute atomic E-state index is 12.5. The first kappa shape index (κ1) is 28.7. The molecule has 1 saturated carbocycles. The summed E-state index contributed by atoms with van der Waals surface area (Å²) in [6.07, 6.45) is -0.179. The maximum Gasteiger partial charge on any atom is 0.410 e. The van der Waals surface area contributed by atoms with E-state index in [0.717, 1.165) is 31.2 Å². The summed E-state index contributed by atoms with van der Waals surface area (Å²) in [4.78, 5) is 39.7. The first-order chi connectivity index (χ1) is 20.8. The van der Waals surface area contributed by atoms with Crippen LogP contribution in [0.1, 0.15) is 49.7 Å². The van der Waals surface area contributed by atoms with E-state index in [1.54, 1.807) is 17.0 Å². The highest BCUT2D eigenvalue weighted by atomic mass is 16.6. The zero-order valence-electron chi connectivity index (χ0n) is 23.4. The Morgan fingerprint density at radius 1 is 1.07 bits per heavy atom. The zero-order valence-corrected chi connectivity index (χ0v) is 23.4. The average molecular weight is 591 g/mol. The fourth-order valence-electron chi connectivity index (χ4n) is 5.24. The van der Waals surface area contributed by atoms with Gasteiger partial charge < -0.3 is 41.4 Å². The van der Waals surface area contributed by atoms with Gasteiger partial charge in [-0.3, -0.25) is 9.36 Å². The van der Waals surface area contributed by atoms with Crippen LogP contribution in [0.4, 0.5) is 16.3 Å². The molecule has 14 heteroatoms. The Morgan fingerprint density at radius 2 is 1.81 bits per heavy atom. The second-order valence-corrected chi connectivity index (χ2v) is 11.2. The lowest BCUT2D eigenvalue weighted by molar-refractivity contribution is -0.137. The number of amides is 2. The molecule has 0 radical (unpaired) electrons. The Morgan fingerprint density at radius 3 is 2.53 bits per heavy atom. The zero-order chi connectivity index (χ0) is 30.1. The molecule has 3 fully saturated rings. The summed E-state index contributed by atoms with van der Waals surface area (Å²) < 4.78 is 12.6. The Bertz CT molecular complexity index is 1550. The van der Waals surface area contributed by atoms with Gasteiger partial charge in [0.2, 0.25) is 5.82 Å². The Kier molecular flexibility index (Phi) is 8.02. The number of nitrogens with two attached hydrogens (primary N) is 2. The number of ether oxygens (including phenoxy) is 2. The standard InChI is InChI=1S/C29H34N8O6/c30-18-6-4-17(5-7-18)14-42-29(41)36-12-10-16(11-13-36)2-1-3-20-34-25(31)21-26(35-20)37(15-32-21)28-23(39)22(38)24(43-28)27(40)33-19-8-9-19/h4-7,15-16,19,22-24,28,38-39H,2,8-14,30H2,(H,33,40)(H2,31,34,35)/t22-,23+,24+,28-/m1/s1. The number of aliphatic hydroxyl groups excluding tert-OH is 2. The Hall–Kier alpha value is -4.45. The van der Waals surface area contributed by atoms with Crippen LogP contribution in [0.5, 0.6) is 0 Å². The SMILES string of the molecule is Nc1ccc(COC(=O)N2CCC(CC#Cc3nc(N)c4ncn([C@@H]5O[C@H](C(=O)NC6CC6)[C@H](O)[C@@H]5O)c4n3)CC2)cc1. The molecule has 7 N–H and O–H groups in total. The lowest BCUT2D eigenvalue weighted by Crippen LogP contribution is -2.43. The van der Waals surface area contributed by atoms with Gasteiger partial charge in [0.25, 0.3) is 5.91 Å². The van der Waals surface area contributed by atoms with Gasteiger partial charge >= 0.3 is 6.09 Å². The van der Waals surface area contributed by atoms with Crippen molar-refractivity contribution in [2.45, 2.75) is 69.3 Å². The molecular weight excluding hydrogens is 556 g/mol. The van der Waals surface area contributed by atoms with E-state index in [4.69, 9.17) is 20.9 Å². The van der Waals surface area contributed by atoms with Crippen molar-refractivity contribution in [3.63, 3.8) is 0 Å². The molecular formula is C29H34N8O6. The number of nitrogen functional groups attached to an aromatic ring is 2. The molecule has 0 spiro atoms. The van der Waals surface area contributed by atoms with Crippen molar-refractivity contribution in [2.24, 2.45) is 5.92 Å². The fraction of sp³-hybridized carbons (Fsp3) is 0.483. The molecule has 2 amide bonds. The van der Waals surface area contributed by atoms with E-state index in [9.17, 15) is 19.8 Å². The van der Waals surface area contributed by atoms with Gasteiger partial charge in [-0.25, -0.2) is 19.7 Å². The molecule has 0 unspecified atom stereocenters. The highest BCUT2D eigenvalue weighted by molar-refractivity contribution is 5.83. The number of aromatic nitrogens is 4. The smallest absolute Gasteiger partial charge is 0.410 e. The van der Waals surface area contributed by atoms with E-state index in [1.165, 1.54) is 10.9 Å². The first-order valence-corrected chi connectivity index (χ1v) is 14.3. The van der Waals surface area contributed by atoms with Gasteiger partial charge in [-0.1, -0.05) is 18.1 Å². The number of hydrogen-bond acceptors (Lipinski definition) is 11. The Labute approximate surface area is 247 Å². The van der Waals surface area contributed by atoms with Crippen molar-refractivity contribution in [1.82, 2.24) is 29.7 Å². The number of rotatable bonds is 6. The van der Waals surface area contributed by atoms with Gasteiger partial charge in [-0.2, -0.15) is 0 Å². The van der Waals surface area contributed by atoms with Crippen LogP contribution in [0.15, 0.2) is 30.6 Å². The molecule has 14 nitrogen and oxygen atoms in total. The fourth-order valence-corrected chi connectivity index (χ4v) is 5.24. The molecule has 3 aromatic rings. The minimum absolute atomic E-state index is 0.0808. The van der Waals surface area contributed by atoms with Crippen LogP contribution in [0.3, 0.4) is 0 Å². The number of piperidine rings is 1. The molecule has 0 bridgehead atoms.